The van der Waals surface area contributed by atoms with Gasteiger partial charge in [-0.2, -0.15) is 0 Å². The summed E-state index contributed by atoms with van der Waals surface area (Å²) in [6, 6.07) is 19.3. The van der Waals surface area contributed by atoms with Crippen LogP contribution >= 0.6 is 11.6 Å². The number of halogens is 1. The fourth-order valence-electron chi connectivity index (χ4n) is 3.02. The van der Waals surface area contributed by atoms with Crippen molar-refractivity contribution in [3.8, 4) is 0 Å². The number of nitrogens with zero attached hydrogens (tertiary/aromatic N) is 1. The molecule has 1 heterocycles. The highest BCUT2D eigenvalue weighted by molar-refractivity contribution is 6.30. The summed E-state index contributed by atoms with van der Waals surface area (Å²) in [5, 5.41) is 4.28. The molecule has 0 unspecified atom stereocenters. The lowest BCUT2D eigenvalue weighted by Crippen LogP contribution is -2.33. The zero-order valence-corrected chi connectivity index (χ0v) is 12.9. The average molecular weight is 301 g/mol. The van der Waals surface area contributed by atoms with Crippen molar-refractivity contribution in [1.29, 1.82) is 0 Å². The van der Waals surface area contributed by atoms with Crippen LogP contribution < -0.4 is 5.32 Å². The van der Waals surface area contributed by atoms with Gasteiger partial charge in [0.2, 0.25) is 0 Å². The highest BCUT2D eigenvalue weighted by atomic mass is 35.5. The maximum absolute atomic E-state index is 6.05. The van der Waals surface area contributed by atoms with Gasteiger partial charge in [-0.1, -0.05) is 54.1 Å². The quantitative estimate of drug-likeness (QED) is 0.929. The molecule has 0 aromatic heterocycles. The fraction of sp³-hybridized carbons (Fsp3) is 0.333. The SMILES string of the molecule is Clc1ccc([C@H](c2ccccc2)N2CCCNCC2)cc1. The average Bonchev–Trinajstić information content (AvgIpc) is 2.80. The van der Waals surface area contributed by atoms with Gasteiger partial charge in [0.25, 0.3) is 0 Å². The Kier molecular flexibility index (Phi) is 4.91. The molecule has 1 N–H and O–H groups in total. The van der Waals surface area contributed by atoms with Crippen LogP contribution in [-0.2, 0) is 0 Å². The van der Waals surface area contributed by atoms with Crippen LogP contribution in [-0.4, -0.2) is 31.1 Å². The predicted octanol–water partition coefficient (Wildman–Crippen LogP) is 3.72. The van der Waals surface area contributed by atoms with E-state index in [-0.39, 0.29) is 0 Å². The van der Waals surface area contributed by atoms with Crippen LogP contribution in [0.3, 0.4) is 0 Å². The van der Waals surface area contributed by atoms with Crippen molar-refractivity contribution in [2.75, 3.05) is 26.2 Å². The van der Waals surface area contributed by atoms with Crippen molar-refractivity contribution in [3.05, 3.63) is 70.7 Å². The summed E-state index contributed by atoms with van der Waals surface area (Å²) >= 11 is 6.05. The zero-order chi connectivity index (χ0) is 14.5. The molecule has 3 rings (SSSR count). The van der Waals surface area contributed by atoms with Gasteiger partial charge in [0, 0.05) is 24.7 Å². The van der Waals surface area contributed by atoms with Crippen molar-refractivity contribution in [2.45, 2.75) is 12.5 Å². The van der Waals surface area contributed by atoms with Gasteiger partial charge in [-0.15, -0.1) is 0 Å². The molecule has 1 saturated heterocycles. The van der Waals surface area contributed by atoms with Crippen molar-refractivity contribution in [2.24, 2.45) is 0 Å². The maximum Gasteiger partial charge on any atom is 0.0602 e. The van der Waals surface area contributed by atoms with Crippen LogP contribution in [0.1, 0.15) is 23.6 Å². The van der Waals surface area contributed by atoms with Crippen LogP contribution in [0.15, 0.2) is 54.6 Å². The minimum absolute atomic E-state index is 0.309. The van der Waals surface area contributed by atoms with E-state index in [9.17, 15) is 0 Å². The van der Waals surface area contributed by atoms with Crippen LogP contribution in [0, 0.1) is 0 Å². The number of hydrogen-bond donors (Lipinski definition) is 1. The van der Waals surface area contributed by atoms with Gasteiger partial charge in [-0.3, -0.25) is 4.90 Å². The van der Waals surface area contributed by atoms with Gasteiger partial charge < -0.3 is 5.32 Å². The molecule has 1 aliphatic heterocycles. The largest absolute Gasteiger partial charge is 0.315 e. The van der Waals surface area contributed by atoms with Gasteiger partial charge in [0.15, 0.2) is 0 Å². The molecule has 2 aromatic rings. The van der Waals surface area contributed by atoms with Crippen LogP contribution in [0.4, 0.5) is 0 Å². The van der Waals surface area contributed by atoms with E-state index in [0.717, 1.165) is 31.2 Å². The van der Waals surface area contributed by atoms with E-state index in [1.807, 2.05) is 12.1 Å². The summed E-state index contributed by atoms with van der Waals surface area (Å²) in [7, 11) is 0. The Labute approximate surface area is 131 Å². The first kappa shape index (κ1) is 14.6. The molecule has 21 heavy (non-hydrogen) atoms. The van der Waals surface area contributed by atoms with E-state index < -0.39 is 0 Å². The molecule has 3 heteroatoms. The second kappa shape index (κ2) is 7.08. The predicted molar refractivity (Wildman–Crippen MR) is 88.8 cm³/mol. The fourth-order valence-corrected chi connectivity index (χ4v) is 3.15. The second-order valence-electron chi connectivity index (χ2n) is 5.50. The molecule has 0 spiro atoms. The summed E-state index contributed by atoms with van der Waals surface area (Å²) in [4.78, 5) is 2.57. The van der Waals surface area contributed by atoms with Crippen molar-refractivity contribution >= 4 is 11.6 Å². The van der Waals surface area contributed by atoms with E-state index in [0.29, 0.717) is 6.04 Å². The summed E-state index contributed by atoms with van der Waals surface area (Å²) < 4.78 is 0. The molecule has 0 bridgehead atoms. The van der Waals surface area contributed by atoms with E-state index in [1.54, 1.807) is 0 Å². The number of hydrogen-bond acceptors (Lipinski definition) is 2. The molecule has 0 radical (unpaired) electrons. The van der Waals surface area contributed by atoms with Crippen molar-refractivity contribution in [3.63, 3.8) is 0 Å². The normalized spacial score (nSPS) is 18.1. The molecular weight excluding hydrogens is 280 g/mol. The Morgan fingerprint density at radius 2 is 1.57 bits per heavy atom. The summed E-state index contributed by atoms with van der Waals surface area (Å²) in [6.45, 7) is 4.35. The molecule has 1 aliphatic rings. The highest BCUT2D eigenvalue weighted by Crippen LogP contribution is 2.29. The smallest absolute Gasteiger partial charge is 0.0602 e. The van der Waals surface area contributed by atoms with Crippen LogP contribution in [0.5, 0.6) is 0 Å². The molecule has 2 aromatic carbocycles. The second-order valence-corrected chi connectivity index (χ2v) is 5.94. The minimum Gasteiger partial charge on any atom is -0.315 e. The van der Waals surface area contributed by atoms with E-state index in [2.05, 4.69) is 52.7 Å². The third kappa shape index (κ3) is 3.65. The molecule has 1 fully saturated rings. The van der Waals surface area contributed by atoms with Gasteiger partial charge in [-0.25, -0.2) is 0 Å². The monoisotopic (exact) mass is 300 g/mol. The van der Waals surface area contributed by atoms with E-state index >= 15 is 0 Å². The topological polar surface area (TPSA) is 15.3 Å². The van der Waals surface area contributed by atoms with Gasteiger partial charge in [0.1, 0.15) is 0 Å². The zero-order valence-electron chi connectivity index (χ0n) is 12.1. The molecule has 0 aliphatic carbocycles. The van der Waals surface area contributed by atoms with Crippen LogP contribution in [0.2, 0.25) is 5.02 Å². The van der Waals surface area contributed by atoms with Crippen molar-refractivity contribution < 1.29 is 0 Å². The third-order valence-electron chi connectivity index (χ3n) is 4.04. The first-order valence-corrected chi connectivity index (χ1v) is 7.97. The summed E-state index contributed by atoms with van der Waals surface area (Å²) in [5.41, 5.74) is 2.66. The Balaban J connectivity index is 1.95. The maximum atomic E-state index is 6.05. The lowest BCUT2D eigenvalue weighted by molar-refractivity contribution is 0.241. The van der Waals surface area contributed by atoms with Crippen molar-refractivity contribution in [1.82, 2.24) is 10.2 Å². The molecule has 1 atom stereocenters. The Morgan fingerprint density at radius 1 is 0.857 bits per heavy atom. The molecule has 110 valence electrons. The molecular formula is C18H21ClN2. The Morgan fingerprint density at radius 3 is 2.33 bits per heavy atom. The van der Waals surface area contributed by atoms with Gasteiger partial charge in [0.05, 0.1) is 6.04 Å². The Hall–Kier alpha value is -1.35. The lowest BCUT2D eigenvalue weighted by atomic mass is 9.97. The lowest BCUT2D eigenvalue weighted by Gasteiger charge is -2.31. The third-order valence-corrected chi connectivity index (χ3v) is 4.29. The number of benzene rings is 2. The van der Waals surface area contributed by atoms with E-state index in [1.165, 1.54) is 17.5 Å². The summed E-state index contributed by atoms with van der Waals surface area (Å²) in [6.07, 6.45) is 1.19. The highest BCUT2D eigenvalue weighted by Gasteiger charge is 2.22. The summed E-state index contributed by atoms with van der Waals surface area (Å²) in [5.74, 6) is 0. The van der Waals surface area contributed by atoms with E-state index in [4.69, 9.17) is 11.6 Å². The number of nitrogens with one attached hydrogen (secondary N) is 1. The Bertz CT molecular complexity index is 545. The molecule has 0 amide bonds. The van der Waals surface area contributed by atoms with Gasteiger partial charge in [-0.05, 0) is 36.2 Å². The first-order chi connectivity index (χ1) is 10.3. The molecule has 0 saturated carbocycles. The van der Waals surface area contributed by atoms with Crippen LogP contribution in [0.25, 0.3) is 0 Å². The number of rotatable bonds is 3. The van der Waals surface area contributed by atoms with Gasteiger partial charge >= 0.3 is 0 Å². The molecule has 2 nitrogen and oxygen atoms in total. The minimum atomic E-state index is 0.309. The standard InChI is InChI=1S/C18H21ClN2/c19-17-9-7-16(8-10-17)18(15-5-2-1-3-6-15)21-13-4-11-20-12-14-21/h1-3,5-10,18,20H,4,11-14H2/t18-/m0/s1. The first-order valence-electron chi connectivity index (χ1n) is 7.60.